The van der Waals surface area contributed by atoms with Gasteiger partial charge in [0.05, 0.1) is 31.3 Å². The zero-order valence-electron chi connectivity index (χ0n) is 20.7. The number of benzene rings is 3. The Kier molecular flexibility index (Phi) is 10.8. The van der Waals surface area contributed by atoms with Crippen LogP contribution in [0.25, 0.3) is 0 Å². The van der Waals surface area contributed by atoms with Gasteiger partial charge in [-0.3, -0.25) is 19.3 Å². The highest BCUT2D eigenvalue weighted by molar-refractivity contribution is 7.79. The van der Waals surface area contributed by atoms with Gasteiger partial charge in [0.2, 0.25) is 0 Å². The molecule has 0 aliphatic heterocycles. The highest BCUT2D eigenvalue weighted by Crippen LogP contribution is 2.14. The maximum Gasteiger partial charge on any atom is 0.394 e. The number of methoxy groups -OCH3 is 2. The molecule has 0 heterocycles. The Bertz CT molecular complexity index is 1330. The number of anilines is 1. The van der Waals surface area contributed by atoms with Gasteiger partial charge in [0.15, 0.2) is 0 Å². The Labute approximate surface area is 215 Å². The summed E-state index contributed by atoms with van der Waals surface area (Å²) in [6.07, 6.45) is 0. The summed E-state index contributed by atoms with van der Waals surface area (Å²) in [7, 11) is -1.42. The molecule has 11 nitrogen and oxygen atoms in total. The van der Waals surface area contributed by atoms with Gasteiger partial charge in [-0.1, -0.05) is 0 Å². The van der Waals surface area contributed by atoms with Crippen molar-refractivity contribution in [2.75, 3.05) is 19.6 Å². The van der Waals surface area contributed by atoms with E-state index in [-0.39, 0.29) is 5.91 Å². The lowest BCUT2D eigenvalue weighted by Gasteiger charge is -2.06. The average Bonchev–Trinajstić information content (AvgIpc) is 2.89. The molecular weight excluding hydrogens is 500 g/mol. The number of carbonyl (C=O) groups excluding carboxylic acids is 1. The van der Waals surface area contributed by atoms with Crippen LogP contribution in [0.4, 0.5) is 5.69 Å². The van der Waals surface area contributed by atoms with Crippen LogP contribution in [0.15, 0.2) is 83.0 Å². The van der Waals surface area contributed by atoms with E-state index in [2.05, 4.69) is 21.1 Å². The molecule has 3 rings (SSSR count). The normalized spacial score (nSPS) is 11.6. The Morgan fingerprint density at radius 3 is 1.49 bits per heavy atom. The minimum Gasteiger partial charge on any atom is -0.497 e. The quantitative estimate of drug-likeness (QED) is 0.194. The van der Waals surface area contributed by atoms with Crippen molar-refractivity contribution in [1.82, 2.24) is 5.43 Å². The van der Waals surface area contributed by atoms with Crippen LogP contribution in [0.3, 0.4) is 0 Å². The van der Waals surface area contributed by atoms with Crippen molar-refractivity contribution in [3.8, 4) is 11.5 Å². The average molecular weight is 529 g/mol. The summed E-state index contributed by atoms with van der Waals surface area (Å²) in [5.74, 6) is 1.28. The summed E-state index contributed by atoms with van der Waals surface area (Å²) < 4.78 is 41.9. The Hall–Kier alpha value is -4.26. The predicted octanol–water partition coefficient (Wildman–Crippen LogP) is 4.04. The van der Waals surface area contributed by atoms with Crippen LogP contribution in [0.5, 0.6) is 11.5 Å². The number of carbonyl (C=O) groups is 1. The van der Waals surface area contributed by atoms with Crippen molar-refractivity contribution in [2.45, 2.75) is 13.8 Å². The lowest BCUT2D eigenvalue weighted by Crippen LogP contribution is -2.19. The maximum absolute atomic E-state index is 12.4. The monoisotopic (exact) mass is 528 g/mol. The molecule has 12 heteroatoms. The molecule has 4 N–H and O–H groups in total. The molecule has 0 aliphatic rings. The van der Waals surface area contributed by atoms with Crippen molar-refractivity contribution in [2.24, 2.45) is 10.2 Å². The third-order valence-electron chi connectivity index (χ3n) is 4.84. The fourth-order valence-electron chi connectivity index (χ4n) is 2.84. The Balaban J connectivity index is 0.000000877. The molecule has 0 unspecified atom stereocenters. The van der Waals surface area contributed by atoms with Crippen molar-refractivity contribution in [1.29, 1.82) is 0 Å². The Morgan fingerprint density at radius 1 is 0.703 bits per heavy atom. The number of ether oxygens (including phenoxy) is 2. The fraction of sp³-hybridized carbons (Fsp3) is 0.160. The van der Waals surface area contributed by atoms with E-state index in [0.29, 0.717) is 11.3 Å². The smallest absolute Gasteiger partial charge is 0.394 e. The summed E-state index contributed by atoms with van der Waals surface area (Å²) in [4.78, 5) is 12.4. The number of amides is 1. The molecule has 1 amide bonds. The number of nitrogens with zero attached hydrogens (tertiary/aromatic N) is 2. The molecule has 3 aromatic carbocycles. The first-order valence-corrected chi connectivity index (χ1v) is 12.1. The zero-order valence-corrected chi connectivity index (χ0v) is 21.5. The number of nitrogens with one attached hydrogen (secondary N) is 2. The van der Waals surface area contributed by atoms with E-state index in [1.807, 2.05) is 62.4 Å². The van der Waals surface area contributed by atoms with E-state index in [9.17, 15) is 4.79 Å². The van der Waals surface area contributed by atoms with Crippen LogP contribution < -0.4 is 20.3 Å². The summed E-state index contributed by atoms with van der Waals surface area (Å²) in [6, 6.07) is 22.2. The molecule has 0 aromatic heterocycles. The van der Waals surface area contributed by atoms with Crippen LogP contribution >= 0.6 is 0 Å². The second-order valence-electron chi connectivity index (χ2n) is 7.43. The molecule has 196 valence electrons. The maximum atomic E-state index is 12.4. The van der Waals surface area contributed by atoms with Gasteiger partial charge in [0.25, 0.3) is 5.91 Å². The van der Waals surface area contributed by atoms with Gasteiger partial charge in [-0.2, -0.15) is 18.6 Å². The largest absolute Gasteiger partial charge is 0.497 e. The molecule has 3 aromatic rings. The molecule has 0 saturated carbocycles. The molecule has 0 atom stereocenters. The van der Waals surface area contributed by atoms with E-state index >= 15 is 0 Å². The standard InChI is InChI=1S/C25H26N4O3.H2O4S/c1-17(19-7-13-23(31-3)14-8-19)26-28-22-11-5-21(6-12-22)25(30)29-27-18(2)20-9-15-24(32-4)16-10-20;1-5(2,3)4/h5-16,28H,1-4H3,(H,29,30);(H2,1,2,3,4). The van der Waals surface area contributed by atoms with Gasteiger partial charge in [-0.05, 0) is 97.8 Å². The summed E-state index contributed by atoms with van der Waals surface area (Å²) in [6.45, 7) is 3.75. The molecule has 0 saturated heterocycles. The number of hydrogen-bond acceptors (Lipinski definition) is 8. The molecule has 0 spiro atoms. The van der Waals surface area contributed by atoms with Crippen molar-refractivity contribution in [3.05, 3.63) is 89.5 Å². The van der Waals surface area contributed by atoms with Gasteiger partial charge in [0, 0.05) is 5.56 Å². The van der Waals surface area contributed by atoms with E-state index in [0.717, 1.165) is 34.0 Å². The number of rotatable bonds is 8. The van der Waals surface area contributed by atoms with Crippen LogP contribution in [0.2, 0.25) is 0 Å². The van der Waals surface area contributed by atoms with E-state index in [4.69, 9.17) is 27.0 Å². The van der Waals surface area contributed by atoms with E-state index in [1.165, 1.54) is 0 Å². The number of hydrazone groups is 2. The third kappa shape index (κ3) is 10.5. The highest BCUT2D eigenvalue weighted by Gasteiger charge is 2.06. The summed E-state index contributed by atoms with van der Waals surface area (Å²) in [5.41, 5.74) is 10.3. The van der Waals surface area contributed by atoms with Gasteiger partial charge in [0.1, 0.15) is 11.5 Å². The predicted molar refractivity (Wildman–Crippen MR) is 142 cm³/mol. The van der Waals surface area contributed by atoms with Gasteiger partial charge in [-0.25, -0.2) is 5.43 Å². The zero-order chi connectivity index (χ0) is 27.4. The minimum atomic E-state index is -4.67. The first-order chi connectivity index (χ1) is 17.5. The summed E-state index contributed by atoms with van der Waals surface area (Å²) >= 11 is 0. The lowest BCUT2D eigenvalue weighted by molar-refractivity contribution is 0.0955. The summed E-state index contributed by atoms with van der Waals surface area (Å²) in [5, 5.41) is 8.58. The molecule has 0 radical (unpaired) electrons. The first-order valence-electron chi connectivity index (χ1n) is 10.7. The topological polar surface area (TPSA) is 159 Å². The van der Waals surface area contributed by atoms with Crippen LogP contribution in [0.1, 0.15) is 35.3 Å². The fourth-order valence-corrected chi connectivity index (χ4v) is 2.84. The van der Waals surface area contributed by atoms with Crippen molar-refractivity contribution in [3.63, 3.8) is 0 Å². The van der Waals surface area contributed by atoms with Crippen LogP contribution in [0, 0.1) is 0 Å². The first kappa shape index (κ1) is 29.0. The van der Waals surface area contributed by atoms with Gasteiger partial charge >= 0.3 is 10.4 Å². The second-order valence-corrected chi connectivity index (χ2v) is 8.33. The Morgan fingerprint density at radius 2 is 1.08 bits per heavy atom. The molecule has 0 bridgehead atoms. The van der Waals surface area contributed by atoms with Gasteiger partial charge < -0.3 is 9.47 Å². The van der Waals surface area contributed by atoms with Crippen LogP contribution in [-0.4, -0.2) is 49.1 Å². The van der Waals surface area contributed by atoms with E-state index in [1.54, 1.807) is 38.5 Å². The SMILES string of the molecule is COc1ccc(C(C)=NNC(=O)c2ccc(NN=C(C)c3ccc(OC)cc3)cc2)cc1.O=S(=O)(O)O. The highest BCUT2D eigenvalue weighted by atomic mass is 32.3. The van der Waals surface area contributed by atoms with Crippen molar-refractivity contribution >= 4 is 33.4 Å². The minimum absolute atomic E-state index is 0.290. The molecule has 0 fully saturated rings. The third-order valence-corrected chi connectivity index (χ3v) is 4.84. The van der Waals surface area contributed by atoms with Crippen LogP contribution in [-0.2, 0) is 10.4 Å². The number of hydrogen-bond donors (Lipinski definition) is 4. The second kappa shape index (κ2) is 13.7. The molecule has 0 aliphatic carbocycles. The van der Waals surface area contributed by atoms with E-state index < -0.39 is 10.4 Å². The lowest BCUT2D eigenvalue weighted by atomic mass is 10.1. The van der Waals surface area contributed by atoms with Gasteiger partial charge in [-0.15, -0.1) is 0 Å². The molecule has 37 heavy (non-hydrogen) atoms. The van der Waals surface area contributed by atoms with Crippen molar-refractivity contribution < 1.29 is 31.8 Å². The molecular formula is C25H28N4O7S.